The van der Waals surface area contributed by atoms with Crippen LogP contribution < -0.4 is 10.0 Å². The molecule has 6 heteroatoms. The number of amides is 1. The minimum atomic E-state index is -3.80. The molecule has 156 valence electrons. The first-order valence-corrected chi connectivity index (χ1v) is 11.2. The SMILES string of the molecule is Cc1ccc(NS(=O)(=O)c2cccc(C(=O)N[C@H](C)c3ccc(C)c(C)c3)c2)cc1. The molecule has 0 saturated heterocycles. The Kier molecular flexibility index (Phi) is 6.27. The van der Waals surface area contributed by atoms with Crippen molar-refractivity contribution >= 4 is 21.6 Å². The summed E-state index contributed by atoms with van der Waals surface area (Å²) in [5.41, 5.74) is 5.14. The van der Waals surface area contributed by atoms with Crippen molar-refractivity contribution < 1.29 is 13.2 Å². The molecule has 0 spiro atoms. The monoisotopic (exact) mass is 422 g/mol. The fraction of sp³-hybridized carbons (Fsp3) is 0.208. The highest BCUT2D eigenvalue weighted by molar-refractivity contribution is 7.92. The van der Waals surface area contributed by atoms with Gasteiger partial charge in [0.1, 0.15) is 0 Å². The lowest BCUT2D eigenvalue weighted by atomic mass is 10.0. The summed E-state index contributed by atoms with van der Waals surface area (Å²) in [6.45, 7) is 7.91. The van der Waals surface area contributed by atoms with Gasteiger partial charge < -0.3 is 5.32 Å². The molecular formula is C24H26N2O3S. The number of rotatable bonds is 6. The zero-order valence-corrected chi connectivity index (χ0v) is 18.4. The molecule has 1 amide bonds. The third kappa shape index (κ3) is 5.07. The van der Waals surface area contributed by atoms with Crippen LogP contribution in [0.25, 0.3) is 0 Å². The first-order valence-electron chi connectivity index (χ1n) is 9.73. The maximum absolute atomic E-state index is 12.7. The zero-order valence-electron chi connectivity index (χ0n) is 17.6. The number of sulfonamides is 1. The van der Waals surface area contributed by atoms with Crippen molar-refractivity contribution in [2.75, 3.05) is 4.72 Å². The molecule has 0 fully saturated rings. The predicted octanol–water partition coefficient (Wildman–Crippen LogP) is 4.90. The van der Waals surface area contributed by atoms with E-state index in [0.29, 0.717) is 5.69 Å². The maximum Gasteiger partial charge on any atom is 0.261 e. The Morgan fingerprint density at radius 3 is 2.23 bits per heavy atom. The largest absolute Gasteiger partial charge is 0.346 e. The molecule has 0 saturated carbocycles. The Bertz CT molecular complexity index is 1170. The van der Waals surface area contributed by atoms with E-state index < -0.39 is 10.0 Å². The van der Waals surface area contributed by atoms with E-state index in [1.807, 2.05) is 58.0 Å². The Labute approximate surface area is 178 Å². The Balaban J connectivity index is 1.77. The second kappa shape index (κ2) is 8.71. The standard InChI is InChI=1S/C24H26N2O3S/c1-16-8-12-22(13-9-16)26-30(28,29)23-7-5-6-21(15-23)24(27)25-19(4)20-11-10-17(2)18(3)14-20/h5-15,19,26H,1-4H3,(H,25,27)/t19-/m1/s1. The van der Waals surface area contributed by atoms with E-state index in [0.717, 1.165) is 16.7 Å². The molecule has 3 aromatic rings. The smallest absolute Gasteiger partial charge is 0.261 e. The van der Waals surface area contributed by atoms with Crippen LogP contribution in [0.4, 0.5) is 5.69 Å². The van der Waals surface area contributed by atoms with Gasteiger partial charge in [-0.1, -0.05) is 42.0 Å². The number of anilines is 1. The average Bonchev–Trinajstić information content (AvgIpc) is 2.71. The van der Waals surface area contributed by atoms with E-state index in [1.54, 1.807) is 24.3 Å². The van der Waals surface area contributed by atoms with E-state index in [2.05, 4.69) is 10.0 Å². The summed E-state index contributed by atoms with van der Waals surface area (Å²) in [6, 6.07) is 19.0. The topological polar surface area (TPSA) is 75.3 Å². The van der Waals surface area contributed by atoms with Crippen molar-refractivity contribution in [3.8, 4) is 0 Å². The van der Waals surface area contributed by atoms with Crippen LogP contribution in [0.2, 0.25) is 0 Å². The van der Waals surface area contributed by atoms with E-state index >= 15 is 0 Å². The van der Waals surface area contributed by atoms with Crippen LogP contribution in [-0.2, 0) is 10.0 Å². The second-order valence-electron chi connectivity index (χ2n) is 7.54. The molecule has 0 aliphatic rings. The van der Waals surface area contributed by atoms with Crippen molar-refractivity contribution in [1.82, 2.24) is 5.32 Å². The van der Waals surface area contributed by atoms with Gasteiger partial charge in [-0.15, -0.1) is 0 Å². The fourth-order valence-corrected chi connectivity index (χ4v) is 4.14. The molecule has 0 aliphatic carbocycles. The highest BCUT2D eigenvalue weighted by atomic mass is 32.2. The maximum atomic E-state index is 12.7. The summed E-state index contributed by atoms with van der Waals surface area (Å²) < 4.78 is 28.0. The average molecular weight is 423 g/mol. The van der Waals surface area contributed by atoms with Crippen LogP contribution in [0.1, 0.15) is 45.6 Å². The van der Waals surface area contributed by atoms with Crippen molar-refractivity contribution in [1.29, 1.82) is 0 Å². The molecule has 30 heavy (non-hydrogen) atoms. The van der Waals surface area contributed by atoms with Crippen molar-refractivity contribution in [3.05, 3.63) is 94.5 Å². The van der Waals surface area contributed by atoms with Gasteiger partial charge in [0.25, 0.3) is 15.9 Å². The van der Waals surface area contributed by atoms with Crippen LogP contribution in [0, 0.1) is 20.8 Å². The molecule has 3 rings (SSSR count). The van der Waals surface area contributed by atoms with Crippen LogP contribution in [0.5, 0.6) is 0 Å². The first-order chi connectivity index (χ1) is 14.2. The van der Waals surface area contributed by atoms with Crippen molar-refractivity contribution in [3.63, 3.8) is 0 Å². The number of aryl methyl sites for hydroxylation is 3. The zero-order chi connectivity index (χ0) is 21.9. The second-order valence-corrected chi connectivity index (χ2v) is 9.22. The Hall–Kier alpha value is -3.12. The van der Waals surface area contributed by atoms with Crippen LogP contribution in [0.15, 0.2) is 71.6 Å². The van der Waals surface area contributed by atoms with Crippen LogP contribution in [-0.4, -0.2) is 14.3 Å². The first kappa shape index (κ1) is 21.6. The third-order valence-electron chi connectivity index (χ3n) is 5.09. The van der Waals surface area contributed by atoms with Gasteiger partial charge in [0, 0.05) is 11.3 Å². The number of hydrogen-bond donors (Lipinski definition) is 2. The Morgan fingerprint density at radius 2 is 1.57 bits per heavy atom. The molecule has 5 nitrogen and oxygen atoms in total. The van der Waals surface area contributed by atoms with Gasteiger partial charge in [0.05, 0.1) is 10.9 Å². The number of hydrogen-bond acceptors (Lipinski definition) is 3. The van der Waals surface area contributed by atoms with Crippen molar-refractivity contribution in [2.45, 2.75) is 38.6 Å². The summed E-state index contributed by atoms with van der Waals surface area (Å²) in [4.78, 5) is 12.8. The minimum Gasteiger partial charge on any atom is -0.346 e. The summed E-state index contributed by atoms with van der Waals surface area (Å²) >= 11 is 0. The van der Waals surface area contributed by atoms with Gasteiger partial charge in [0.15, 0.2) is 0 Å². The van der Waals surface area contributed by atoms with Gasteiger partial charge >= 0.3 is 0 Å². The van der Waals surface area contributed by atoms with Crippen molar-refractivity contribution in [2.24, 2.45) is 0 Å². The molecule has 0 heterocycles. The highest BCUT2D eigenvalue weighted by Crippen LogP contribution is 2.20. The van der Waals surface area contributed by atoms with Crippen LogP contribution >= 0.6 is 0 Å². The van der Waals surface area contributed by atoms with Gasteiger partial charge in [-0.05, 0) is 74.7 Å². The molecule has 0 aromatic heterocycles. The summed E-state index contributed by atoms with van der Waals surface area (Å²) in [6.07, 6.45) is 0. The van der Waals surface area contributed by atoms with E-state index in [-0.39, 0.29) is 22.4 Å². The molecule has 1 atom stereocenters. The van der Waals surface area contributed by atoms with E-state index in [4.69, 9.17) is 0 Å². The molecule has 0 aliphatic heterocycles. The fourth-order valence-electron chi connectivity index (χ4n) is 3.04. The normalized spacial score (nSPS) is 12.3. The van der Waals surface area contributed by atoms with E-state index in [1.165, 1.54) is 17.7 Å². The molecule has 0 bridgehead atoms. The lowest BCUT2D eigenvalue weighted by Crippen LogP contribution is -2.27. The minimum absolute atomic E-state index is 0.0366. The summed E-state index contributed by atoms with van der Waals surface area (Å²) in [7, 11) is -3.80. The number of carbonyl (C=O) groups is 1. The van der Waals surface area contributed by atoms with Gasteiger partial charge in [0.2, 0.25) is 0 Å². The molecule has 0 unspecified atom stereocenters. The third-order valence-corrected chi connectivity index (χ3v) is 6.47. The predicted molar refractivity (Wildman–Crippen MR) is 120 cm³/mol. The number of benzene rings is 3. The highest BCUT2D eigenvalue weighted by Gasteiger charge is 2.18. The van der Waals surface area contributed by atoms with Gasteiger partial charge in [-0.2, -0.15) is 0 Å². The van der Waals surface area contributed by atoms with Gasteiger partial charge in [-0.25, -0.2) is 8.42 Å². The number of carbonyl (C=O) groups excluding carboxylic acids is 1. The van der Waals surface area contributed by atoms with E-state index in [9.17, 15) is 13.2 Å². The summed E-state index contributed by atoms with van der Waals surface area (Å²) in [5.74, 6) is -0.326. The van der Waals surface area contributed by atoms with Gasteiger partial charge in [-0.3, -0.25) is 9.52 Å². The number of nitrogens with one attached hydrogen (secondary N) is 2. The molecule has 0 radical (unpaired) electrons. The molecular weight excluding hydrogens is 396 g/mol. The van der Waals surface area contributed by atoms with Crippen LogP contribution in [0.3, 0.4) is 0 Å². The molecule has 2 N–H and O–H groups in total. The lowest BCUT2D eigenvalue weighted by Gasteiger charge is -2.16. The summed E-state index contributed by atoms with van der Waals surface area (Å²) in [5, 5.41) is 2.94. The molecule has 3 aromatic carbocycles. The Morgan fingerprint density at radius 1 is 0.867 bits per heavy atom. The lowest BCUT2D eigenvalue weighted by molar-refractivity contribution is 0.0939. The quantitative estimate of drug-likeness (QED) is 0.593.